The summed E-state index contributed by atoms with van der Waals surface area (Å²) in [7, 11) is 0. The quantitative estimate of drug-likeness (QED) is 0.484. The van der Waals surface area contributed by atoms with E-state index in [4.69, 9.17) is 0 Å². The van der Waals surface area contributed by atoms with Gasteiger partial charge in [0.2, 0.25) is 5.91 Å². The molecule has 2 heterocycles. The number of aromatic amines is 1. The third-order valence-electron chi connectivity index (χ3n) is 4.84. The Morgan fingerprint density at radius 2 is 1.86 bits per heavy atom. The van der Waals surface area contributed by atoms with Crippen molar-refractivity contribution in [2.75, 3.05) is 12.3 Å². The molecule has 4 rings (SSSR count). The molecule has 1 atom stereocenters. The van der Waals surface area contributed by atoms with E-state index >= 15 is 0 Å². The minimum absolute atomic E-state index is 0.00182. The lowest BCUT2D eigenvalue weighted by atomic mass is 9.97. The number of para-hydroxylation sites is 1. The minimum Gasteiger partial charge on any atom is -0.356 e. The summed E-state index contributed by atoms with van der Waals surface area (Å²) < 4.78 is 54.7. The highest BCUT2D eigenvalue weighted by Gasteiger charge is 2.50. The maximum Gasteiger partial charge on any atom is 0.414 e. The monoisotopic (exact) mass is 408 g/mol. The number of hydrogen-bond donors (Lipinski definition) is 1. The standard InChI is InChI=1S/C20H16F4N2OS/c21-12-5-7-13(8-6-12)28-11-17(27)26-10-9-15-14-3-1-2-4-16(14)25-18(15)19(26)20(22,23)24/h1-8,19,25H,9-11H2/t19-/m1/s1. The summed E-state index contributed by atoms with van der Waals surface area (Å²) in [6, 6.07) is 10.6. The first kappa shape index (κ1) is 18.9. The molecule has 2 aromatic carbocycles. The van der Waals surface area contributed by atoms with Crippen molar-refractivity contribution in [2.24, 2.45) is 0 Å². The lowest BCUT2D eigenvalue weighted by Crippen LogP contribution is -2.47. The van der Waals surface area contributed by atoms with Gasteiger partial charge in [-0.2, -0.15) is 13.2 Å². The topological polar surface area (TPSA) is 36.1 Å². The Morgan fingerprint density at radius 1 is 1.14 bits per heavy atom. The van der Waals surface area contributed by atoms with Crippen molar-refractivity contribution >= 4 is 28.6 Å². The van der Waals surface area contributed by atoms with E-state index in [0.29, 0.717) is 22.4 Å². The fourth-order valence-corrected chi connectivity index (χ4v) is 4.39. The fraction of sp³-hybridized carbons (Fsp3) is 0.250. The average molecular weight is 408 g/mol. The van der Waals surface area contributed by atoms with Crippen LogP contribution in [0.4, 0.5) is 17.6 Å². The summed E-state index contributed by atoms with van der Waals surface area (Å²) in [6.45, 7) is 0.00182. The van der Waals surface area contributed by atoms with Gasteiger partial charge in [0.1, 0.15) is 5.82 Å². The van der Waals surface area contributed by atoms with Gasteiger partial charge in [-0.1, -0.05) is 18.2 Å². The van der Waals surface area contributed by atoms with E-state index in [9.17, 15) is 22.4 Å². The second-order valence-corrected chi connectivity index (χ2v) is 7.64. The number of halogens is 4. The Labute approximate surface area is 162 Å². The molecule has 3 nitrogen and oxygen atoms in total. The third-order valence-corrected chi connectivity index (χ3v) is 5.84. The van der Waals surface area contributed by atoms with E-state index in [2.05, 4.69) is 4.98 Å². The van der Waals surface area contributed by atoms with Crippen molar-refractivity contribution in [1.82, 2.24) is 9.88 Å². The van der Waals surface area contributed by atoms with Crippen molar-refractivity contribution in [2.45, 2.75) is 23.5 Å². The first-order valence-corrected chi connectivity index (χ1v) is 9.67. The van der Waals surface area contributed by atoms with Crippen LogP contribution in [-0.2, 0) is 11.2 Å². The molecule has 0 unspecified atom stereocenters. The number of alkyl halides is 3. The number of hydrogen-bond acceptors (Lipinski definition) is 2. The zero-order valence-electron chi connectivity index (χ0n) is 14.6. The maximum atomic E-state index is 13.9. The van der Waals surface area contributed by atoms with Crippen LogP contribution in [0.3, 0.4) is 0 Å². The van der Waals surface area contributed by atoms with Crippen molar-refractivity contribution < 1.29 is 22.4 Å². The van der Waals surface area contributed by atoms with Gasteiger partial charge < -0.3 is 9.88 Å². The lowest BCUT2D eigenvalue weighted by Gasteiger charge is -2.36. The lowest BCUT2D eigenvalue weighted by molar-refractivity contribution is -0.193. The Morgan fingerprint density at radius 3 is 2.57 bits per heavy atom. The van der Waals surface area contributed by atoms with Crippen LogP contribution >= 0.6 is 11.8 Å². The van der Waals surface area contributed by atoms with Crippen molar-refractivity contribution in [3.05, 3.63) is 65.6 Å². The van der Waals surface area contributed by atoms with E-state index in [1.54, 1.807) is 24.3 Å². The molecule has 8 heteroatoms. The van der Waals surface area contributed by atoms with Crippen molar-refractivity contribution in [3.63, 3.8) is 0 Å². The Bertz CT molecular complexity index is 1010. The SMILES string of the molecule is O=C(CSc1ccc(F)cc1)N1CCc2c([nH]c3ccccc23)[C@@H]1C(F)(F)F. The molecule has 1 amide bonds. The summed E-state index contributed by atoms with van der Waals surface area (Å²) in [5, 5.41) is 0.763. The van der Waals surface area contributed by atoms with E-state index in [0.717, 1.165) is 22.0 Å². The highest BCUT2D eigenvalue weighted by atomic mass is 32.2. The molecule has 3 aromatic rings. The average Bonchev–Trinajstić information content (AvgIpc) is 3.04. The summed E-state index contributed by atoms with van der Waals surface area (Å²) in [6.07, 6.45) is -4.23. The molecule has 146 valence electrons. The largest absolute Gasteiger partial charge is 0.414 e. The van der Waals surface area contributed by atoms with Gasteiger partial charge in [-0.15, -0.1) is 11.8 Å². The van der Waals surface area contributed by atoms with Crippen LogP contribution in [0.15, 0.2) is 53.4 Å². The number of H-pyrrole nitrogens is 1. The number of nitrogens with zero attached hydrogens (tertiary/aromatic N) is 1. The van der Waals surface area contributed by atoms with E-state index in [-0.39, 0.29) is 18.0 Å². The van der Waals surface area contributed by atoms with Crippen LogP contribution in [0.25, 0.3) is 10.9 Å². The van der Waals surface area contributed by atoms with Gasteiger partial charge in [-0.25, -0.2) is 4.39 Å². The third kappa shape index (κ3) is 3.48. The van der Waals surface area contributed by atoms with Crippen LogP contribution in [0, 0.1) is 5.82 Å². The second-order valence-electron chi connectivity index (χ2n) is 6.59. The molecule has 1 N–H and O–H groups in total. The highest BCUT2D eigenvalue weighted by molar-refractivity contribution is 8.00. The molecular formula is C20H16F4N2OS. The van der Waals surface area contributed by atoms with Crippen molar-refractivity contribution in [1.29, 1.82) is 0 Å². The number of nitrogens with one attached hydrogen (secondary N) is 1. The number of rotatable bonds is 3. The molecule has 0 saturated heterocycles. The molecule has 28 heavy (non-hydrogen) atoms. The molecule has 0 aliphatic carbocycles. The van der Waals surface area contributed by atoms with Gasteiger partial charge in [-0.3, -0.25) is 4.79 Å². The normalized spacial score (nSPS) is 17.0. The molecule has 0 fully saturated rings. The summed E-state index contributed by atoms with van der Waals surface area (Å²) in [4.78, 5) is 17.0. The van der Waals surface area contributed by atoms with Crippen LogP contribution in [0.1, 0.15) is 17.3 Å². The van der Waals surface area contributed by atoms with Gasteiger partial charge in [0.15, 0.2) is 6.04 Å². The van der Waals surface area contributed by atoms with Crippen molar-refractivity contribution in [3.8, 4) is 0 Å². The fourth-order valence-electron chi connectivity index (χ4n) is 3.61. The first-order valence-electron chi connectivity index (χ1n) is 8.68. The Hall–Kier alpha value is -2.48. The number of carbonyl (C=O) groups excluding carboxylic acids is 1. The van der Waals surface area contributed by atoms with Crippen LogP contribution in [0.2, 0.25) is 0 Å². The van der Waals surface area contributed by atoms with Gasteiger partial charge in [0.25, 0.3) is 0 Å². The van der Waals surface area contributed by atoms with Crippen LogP contribution in [0.5, 0.6) is 0 Å². The van der Waals surface area contributed by atoms with Gasteiger partial charge in [0.05, 0.1) is 11.4 Å². The number of fused-ring (bicyclic) bond motifs is 3. The van der Waals surface area contributed by atoms with Gasteiger partial charge in [0, 0.05) is 22.3 Å². The van der Waals surface area contributed by atoms with E-state index in [1.807, 2.05) is 0 Å². The number of thioether (sulfide) groups is 1. The van der Waals surface area contributed by atoms with Crippen LogP contribution < -0.4 is 0 Å². The number of amides is 1. The summed E-state index contributed by atoms with van der Waals surface area (Å²) in [5.41, 5.74) is 1.30. The highest BCUT2D eigenvalue weighted by Crippen LogP contribution is 2.44. The first-order chi connectivity index (χ1) is 13.3. The molecule has 0 radical (unpaired) electrons. The predicted octanol–water partition coefficient (Wildman–Crippen LogP) is 5.09. The molecule has 0 saturated carbocycles. The maximum absolute atomic E-state index is 13.9. The smallest absolute Gasteiger partial charge is 0.356 e. The van der Waals surface area contributed by atoms with Gasteiger partial charge >= 0.3 is 6.18 Å². The molecule has 1 aromatic heterocycles. The molecule has 1 aliphatic rings. The molecule has 0 bridgehead atoms. The summed E-state index contributed by atoms with van der Waals surface area (Å²) >= 11 is 1.09. The number of benzene rings is 2. The molecular weight excluding hydrogens is 392 g/mol. The predicted molar refractivity (Wildman–Crippen MR) is 99.6 cm³/mol. The minimum atomic E-state index is -4.59. The van der Waals surface area contributed by atoms with Crippen LogP contribution in [-0.4, -0.2) is 34.3 Å². The Balaban J connectivity index is 1.61. The Kier molecular flexibility index (Phi) is 4.82. The number of aromatic nitrogens is 1. The second kappa shape index (κ2) is 7.16. The summed E-state index contributed by atoms with van der Waals surface area (Å²) in [5.74, 6) is -1.15. The molecule has 1 aliphatic heterocycles. The zero-order valence-corrected chi connectivity index (χ0v) is 15.4. The zero-order chi connectivity index (χ0) is 19.9. The van der Waals surface area contributed by atoms with E-state index < -0.39 is 23.9 Å². The molecule has 0 spiro atoms. The number of carbonyl (C=O) groups is 1. The van der Waals surface area contributed by atoms with Gasteiger partial charge in [-0.05, 0) is 42.3 Å². The van der Waals surface area contributed by atoms with E-state index in [1.165, 1.54) is 24.3 Å².